The quantitative estimate of drug-likeness (QED) is 0.508. The van der Waals surface area contributed by atoms with Crippen LogP contribution in [0.2, 0.25) is 5.02 Å². The Bertz CT molecular complexity index is 1220. The number of primary sulfonamides is 1. The lowest BCUT2D eigenvalue weighted by Gasteiger charge is -2.26. The number of carbonyl (C=O) groups is 1. The lowest BCUT2D eigenvalue weighted by molar-refractivity contribution is -0.115. The zero-order valence-electron chi connectivity index (χ0n) is 16.7. The Hall–Kier alpha value is -2.50. The third kappa shape index (κ3) is 5.23. The summed E-state index contributed by atoms with van der Waals surface area (Å²) in [6.07, 6.45) is 1.82. The number of anilines is 1. The van der Waals surface area contributed by atoms with E-state index in [1.54, 1.807) is 41.2 Å². The maximum absolute atomic E-state index is 12.5. The van der Waals surface area contributed by atoms with E-state index in [1.807, 2.05) is 0 Å². The highest BCUT2D eigenvalue weighted by Gasteiger charge is 2.19. The van der Waals surface area contributed by atoms with Gasteiger partial charge >= 0.3 is 0 Å². The monoisotopic (exact) mass is 462 g/mol. The van der Waals surface area contributed by atoms with Crippen molar-refractivity contribution in [1.29, 1.82) is 0 Å². The molecular weight excluding hydrogens is 440 g/mol. The molecular formula is C20H23ClN6O3S. The van der Waals surface area contributed by atoms with Crippen molar-refractivity contribution in [2.45, 2.75) is 18.0 Å². The molecule has 0 radical (unpaired) electrons. The number of fused-ring (bicyclic) bond motifs is 1. The molecule has 0 saturated carbocycles. The van der Waals surface area contributed by atoms with E-state index in [0.29, 0.717) is 28.3 Å². The fourth-order valence-corrected chi connectivity index (χ4v) is 4.51. The van der Waals surface area contributed by atoms with Crippen molar-refractivity contribution in [2.24, 2.45) is 5.14 Å². The van der Waals surface area contributed by atoms with Crippen LogP contribution in [0.15, 0.2) is 47.5 Å². The Morgan fingerprint density at radius 1 is 1.23 bits per heavy atom. The van der Waals surface area contributed by atoms with Gasteiger partial charge in [-0.1, -0.05) is 29.8 Å². The van der Waals surface area contributed by atoms with Gasteiger partial charge in [0.05, 0.1) is 13.1 Å². The first kappa shape index (κ1) is 21.7. The molecule has 31 heavy (non-hydrogen) atoms. The van der Waals surface area contributed by atoms with Crippen molar-refractivity contribution in [3.63, 3.8) is 0 Å². The van der Waals surface area contributed by atoms with Crippen LogP contribution < -0.4 is 15.8 Å². The molecule has 1 aromatic heterocycles. The molecule has 0 spiro atoms. The van der Waals surface area contributed by atoms with Crippen LogP contribution in [0.1, 0.15) is 5.56 Å². The molecule has 2 aromatic carbocycles. The van der Waals surface area contributed by atoms with Crippen LogP contribution in [-0.4, -0.2) is 55.2 Å². The maximum atomic E-state index is 12.5. The summed E-state index contributed by atoms with van der Waals surface area (Å²) in [5, 5.41) is 17.0. The maximum Gasteiger partial charge on any atom is 0.240 e. The molecule has 0 aliphatic carbocycles. The third-order valence-electron chi connectivity index (χ3n) is 5.07. The van der Waals surface area contributed by atoms with Gasteiger partial charge in [-0.15, -0.1) is 0 Å². The zero-order valence-corrected chi connectivity index (χ0v) is 18.3. The van der Waals surface area contributed by atoms with Gasteiger partial charge in [0.2, 0.25) is 15.9 Å². The fourth-order valence-electron chi connectivity index (χ4n) is 3.59. The molecule has 1 saturated heterocycles. The Balaban J connectivity index is 1.61. The van der Waals surface area contributed by atoms with Gasteiger partial charge in [0.1, 0.15) is 10.4 Å². The molecule has 4 rings (SSSR count). The second kappa shape index (κ2) is 8.93. The summed E-state index contributed by atoms with van der Waals surface area (Å²) < 4.78 is 26.1. The number of nitrogens with one attached hydrogen (secondary N) is 2. The Morgan fingerprint density at radius 3 is 2.68 bits per heavy atom. The number of aromatic nitrogens is 2. The summed E-state index contributed by atoms with van der Waals surface area (Å²) >= 11 is 6.12. The number of piperazine rings is 1. The first-order valence-corrected chi connectivity index (χ1v) is 11.7. The van der Waals surface area contributed by atoms with Crippen LogP contribution in [0.4, 0.5) is 5.69 Å². The Morgan fingerprint density at radius 2 is 1.97 bits per heavy atom. The topological polar surface area (TPSA) is 122 Å². The van der Waals surface area contributed by atoms with E-state index in [9.17, 15) is 13.2 Å². The molecule has 164 valence electrons. The number of rotatable bonds is 6. The highest BCUT2D eigenvalue weighted by atomic mass is 35.5. The number of nitrogens with zero attached hydrogens (tertiary/aromatic N) is 3. The van der Waals surface area contributed by atoms with Crippen molar-refractivity contribution < 1.29 is 13.2 Å². The molecule has 1 aliphatic heterocycles. The molecule has 11 heteroatoms. The molecule has 1 fully saturated rings. The van der Waals surface area contributed by atoms with Crippen LogP contribution in [0, 0.1) is 0 Å². The van der Waals surface area contributed by atoms with Crippen molar-refractivity contribution in [3.05, 3.63) is 53.2 Å². The Kier molecular flexibility index (Phi) is 6.26. The molecule has 0 bridgehead atoms. The molecule has 2 heterocycles. The van der Waals surface area contributed by atoms with Gasteiger partial charge in [-0.3, -0.25) is 14.4 Å². The van der Waals surface area contributed by atoms with E-state index in [4.69, 9.17) is 16.7 Å². The Labute approximate surface area is 185 Å². The van der Waals surface area contributed by atoms with E-state index in [1.165, 1.54) is 6.07 Å². The minimum absolute atomic E-state index is 0.0602. The lowest BCUT2D eigenvalue weighted by Crippen LogP contribution is -2.44. The predicted octanol–water partition coefficient (Wildman–Crippen LogP) is 1.38. The van der Waals surface area contributed by atoms with E-state index in [0.717, 1.165) is 26.2 Å². The molecule has 3 aromatic rings. The van der Waals surface area contributed by atoms with Crippen LogP contribution >= 0.6 is 11.6 Å². The number of carbonyl (C=O) groups excluding carboxylic acids is 1. The van der Waals surface area contributed by atoms with Crippen LogP contribution in [0.5, 0.6) is 0 Å². The normalized spacial score (nSPS) is 15.3. The number of sulfonamides is 1. The highest BCUT2D eigenvalue weighted by molar-refractivity contribution is 7.89. The van der Waals surface area contributed by atoms with Gasteiger partial charge in [0.25, 0.3) is 0 Å². The van der Waals surface area contributed by atoms with Crippen LogP contribution in [0.3, 0.4) is 0 Å². The number of hydrogen-bond donors (Lipinski definition) is 3. The van der Waals surface area contributed by atoms with Gasteiger partial charge in [-0.25, -0.2) is 13.6 Å². The van der Waals surface area contributed by atoms with E-state index < -0.39 is 10.0 Å². The summed E-state index contributed by atoms with van der Waals surface area (Å²) in [6.45, 7) is 4.08. The van der Waals surface area contributed by atoms with Gasteiger partial charge in [-0.05, 0) is 23.8 Å². The van der Waals surface area contributed by atoms with Crippen molar-refractivity contribution >= 4 is 44.1 Å². The second-order valence-corrected chi connectivity index (χ2v) is 9.39. The molecule has 0 unspecified atom stereocenters. The average molecular weight is 463 g/mol. The smallest absolute Gasteiger partial charge is 0.240 e. The van der Waals surface area contributed by atoms with Gasteiger partial charge in [0, 0.05) is 48.5 Å². The summed E-state index contributed by atoms with van der Waals surface area (Å²) in [4.78, 5) is 14.6. The van der Waals surface area contributed by atoms with E-state index in [2.05, 4.69) is 20.6 Å². The standard InChI is InChI=1S/C20H23ClN6O3S/c21-17-4-2-1-3-14(17)10-19(28)24-16-9-15-12-27(13-26-7-5-23-6-8-26)25-20(15)18(11-16)31(22,29)30/h1-4,9,11-12,23H,5-8,10,13H2,(H,24,28)(H2,22,29,30). The first-order valence-electron chi connectivity index (χ1n) is 9.80. The summed E-state index contributed by atoms with van der Waals surface area (Å²) in [6, 6.07) is 10.1. The van der Waals surface area contributed by atoms with Gasteiger partial charge in [0.15, 0.2) is 0 Å². The summed E-state index contributed by atoms with van der Waals surface area (Å²) in [5.41, 5.74) is 1.29. The second-order valence-electron chi connectivity index (χ2n) is 7.45. The third-order valence-corrected chi connectivity index (χ3v) is 6.37. The first-order chi connectivity index (χ1) is 14.8. The number of amides is 1. The van der Waals surface area contributed by atoms with E-state index in [-0.39, 0.29) is 22.7 Å². The number of hydrogen-bond acceptors (Lipinski definition) is 6. The highest BCUT2D eigenvalue weighted by Crippen LogP contribution is 2.26. The fraction of sp³-hybridized carbons (Fsp3) is 0.300. The number of benzene rings is 2. The molecule has 4 N–H and O–H groups in total. The largest absolute Gasteiger partial charge is 0.326 e. The van der Waals surface area contributed by atoms with Crippen LogP contribution in [-0.2, 0) is 27.9 Å². The summed E-state index contributed by atoms with van der Waals surface area (Å²) in [5.74, 6) is -0.318. The molecule has 1 aliphatic rings. The minimum atomic E-state index is -4.04. The summed E-state index contributed by atoms with van der Waals surface area (Å²) in [7, 11) is -4.04. The van der Waals surface area contributed by atoms with Crippen molar-refractivity contribution in [2.75, 3.05) is 31.5 Å². The minimum Gasteiger partial charge on any atom is -0.326 e. The molecule has 1 amide bonds. The van der Waals surface area contributed by atoms with Gasteiger partial charge < -0.3 is 10.6 Å². The lowest BCUT2D eigenvalue weighted by atomic mass is 10.1. The van der Waals surface area contributed by atoms with Crippen molar-refractivity contribution in [3.8, 4) is 0 Å². The zero-order chi connectivity index (χ0) is 22.0. The van der Waals surface area contributed by atoms with E-state index >= 15 is 0 Å². The SMILES string of the molecule is NS(=O)(=O)c1cc(NC(=O)Cc2ccccc2Cl)cc2cn(CN3CCNCC3)nc12. The number of halogens is 1. The molecule has 0 atom stereocenters. The van der Waals surface area contributed by atoms with Crippen molar-refractivity contribution in [1.82, 2.24) is 20.0 Å². The average Bonchev–Trinajstić information content (AvgIpc) is 3.11. The number of nitrogens with two attached hydrogens (primary N) is 1. The van der Waals surface area contributed by atoms with Gasteiger partial charge in [-0.2, -0.15) is 5.10 Å². The van der Waals surface area contributed by atoms with Crippen LogP contribution in [0.25, 0.3) is 10.9 Å². The predicted molar refractivity (Wildman–Crippen MR) is 119 cm³/mol. The molecule has 9 nitrogen and oxygen atoms in total.